The van der Waals surface area contributed by atoms with E-state index in [-0.39, 0.29) is 11.1 Å². The van der Waals surface area contributed by atoms with Gasteiger partial charge in [-0.05, 0) is 34.9 Å². The van der Waals surface area contributed by atoms with Crippen LogP contribution in [0.15, 0.2) is 0 Å². The summed E-state index contributed by atoms with van der Waals surface area (Å²) in [6.45, 7) is 6.51. The number of aromatic carboxylic acids is 1. The molecule has 0 fully saturated rings. The quantitative estimate of drug-likeness (QED) is 0.825. The number of likely N-dealkylation sites (N-methyl/N-ethyl adjacent to an activating group) is 1. The highest BCUT2D eigenvalue weighted by molar-refractivity contribution is 5.94. The third-order valence-corrected chi connectivity index (χ3v) is 3.34. The molecule has 0 spiro atoms. The van der Waals surface area contributed by atoms with Crippen molar-refractivity contribution in [1.82, 2.24) is 14.7 Å². The molecule has 1 aromatic heterocycles. The Balaban J connectivity index is 2.95. The van der Waals surface area contributed by atoms with Crippen LogP contribution in [-0.2, 0) is 7.05 Å². The molecule has 0 aliphatic carbocycles. The predicted octanol–water partition coefficient (Wildman–Crippen LogP) is 1.18. The minimum Gasteiger partial charge on any atom is -0.477 e. The zero-order chi connectivity index (χ0) is 14.1. The molecular formula is C12H22N4O2. The number of anilines is 1. The van der Waals surface area contributed by atoms with Gasteiger partial charge in [0.25, 0.3) is 0 Å². The summed E-state index contributed by atoms with van der Waals surface area (Å²) in [5.74, 6) is -0.402. The molecule has 0 unspecified atom stereocenters. The summed E-state index contributed by atoms with van der Waals surface area (Å²) in [5, 5.41) is 16.5. The first-order valence-electron chi connectivity index (χ1n) is 5.85. The molecule has 1 aromatic rings. The maximum Gasteiger partial charge on any atom is 0.341 e. The molecule has 0 saturated heterocycles. The first-order valence-corrected chi connectivity index (χ1v) is 5.85. The summed E-state index contributed by atoms with van der Waals surface area (Å²) in [6.07, 6.45) is 0. The molecule has 18 heavy (non-hydrogen) atoms. The van der Waals surface area contributed by atoms with E-state index in [0.29, 0.717) is 18.1 Å². The Hall–Kier alpha value is -1.56. The van der Waals surface area contributed by atoms with Crippen LogP contribution in [0.2, 0.25) is 0 Å². The van der Waals surface area contributed by atoms with Gasteiger partial charge in [-0.1, -0.05) is 0 Å². The Kier molecular flexibility index (Phi) is 4.01. The lowest BCUT2D eigenvalue weighted by atomic mass is 10.0. The Bertz CT molecular complexity index is 449. The van der Waals surface area contributed by atoms with E-state index in [1.165, 1.54) is 0 Å². The van der Waals surface area contributed by atoms with Gasteiger partial charge in [0.15, 0.2) is 0 Å². The minimum absolute atomic E-state index is 0.0754. The van der Waals surface area contributed by atoms with Crippen LogP contribution in [0.3, 0.4) is 0 Å². The van der Waals surface area contributed by atoms with Crippen molar-refractivity contribution in [2.24, 2.45) is 7.05 Å². The average molecular weight is 254 g/mol. The summed E-state index contributed by atoms with van der Waals surface area (Å²) in [7, 11) is 5.73. The Morgan fingerprint density at radius 1 is 1.50 bits per heavy atom. The van der Waals surface area contributed by atoms with E-state index in [2.05, 4.69) is 29.2 Å². The topological polar surface area (TPSA) is 70.4 Å². The van der Waals surface area contributed by atoms with Gasteiger partial charge in [-0.3, -0.25) is 4.68 Å². The summed E-state index contributed by atoms with van der Waals surface area (Å²) in [5.41, 5.74) is 0.690. The van der Waals surface area contributed by atoms with Crippen LogP contribution < -0.4 is 5.32 Å². The van der Waals surface area contributed by atoms with Crippen LogP contribution in [0.5, 0.6) is 0 Å². The lowest BCUT2D eigenvalue weighted by Crippen LogP contribution is -2.44. The maximum absolute atomic E-state index is 11.2. The van der Waals surface area contributed by atoms with E-state index in [0.717, 1.165) is 0 Å². The van der Waals surface area contributed by atoms with Crippen LogP contribution in [0.1, 0.15) is 29.9 Å². The Morgan fingerprint density at radius 3 is 2.50 bits per heavy atom. The fourth-order valence-electron chi connectivity index (χ4n) is 1.58. The highest BCUT2D eigenvalue weighted by Gasteiger charge is 2.24. The van der Waals surface area contributed by atoms with Crippen LogP contribution >= 0.6 is 0 Å². The summed E-state index contributed by atoms with van der Waals surface area (Å²) >= 11 is 0. The van der Waals surface area contributed by atoms with Gasteiger partial charge in [-0.15, -0.1) is 0 Å². The molecule has 102 valence electrons. The highest BCUT2D eigenvalue weighted by Crippen LogP contribution is 2.20. The highest BCUT2D eigenvalue weighted by atomic mass is 16.4. The van der Waals surface area contributed by atoms with Crippen molar-refractivity contribution >= 4 is 11.8 Å². The molecule has 0 aliphatic rings. The number of nitrogens with zero attached hydrogens (tertiary/aromatic N) is 3. The Labute approximate surface area is 108 Å². The molecule has 0 radical (unpaired) electrons. The Morgan fingerprint density at radius 2 is 2.06 bits per heavy atom. The fourth-order valence-corrected chi connectivity index (χ4v) is 1.58. The van der Waals surface area contributed by atoms with Gasteiger partial charge in [0.05, 0.1) is 5.69 Å². The lowest BCUT2D eigenvalue weighted by Gasteiger charge is -2.33. The van der Waals surface area contributed by atoms with Gasteiger partial charge >= 0.3 is 5.97 Å². The molecule has 1 rings (SSSR count). The second-order valence-electron chi connectivity index (χ2n) is 5.30. The monoisotopic (exact) mass is 254 g/mol. The van der Waals surface area contributed by atoms with Crippen molar-refractivity contribution in [2.75, 3.05) is 26.0 Å². The molecule has 0 aromatic carbocycles. The molecule has 0 aliphatic heterocycles. The summed E-state index contributed by atoms with van der Waals surface area (Å²) in [6, 6.07) is 0. The van der Waals surface area contributed by atoms with Gasteiger partial charge in [0.1, 0.15) is 11.4 Å². The number of carboxylic acid groups (broad SMARTS) is 1. The standard InChI is InChI=1S/C12H22N4O2/c1-8-9(11(17)18)10(16(6)14-8)13-7-12(2,3)15(4)5/h13H,7H2,1-6H3,(H,17,18). The number of rotatable bonds is 5. The van der Waals surface area contributed by atoms with Crippen molar-refractivity contribution in [3.63, 3.8) is 0 Å². The first-order chi connectivity index (χ1) is 8.16. The largest absolute Gasteiger partial charge is 0.477 e. The molecule has 0 bridgehead atoms. The molecule has 6 nitrogen and oxygen atoms in total. The SMILES string of the molecule is Cc1nn(C)c(NCC(C)(C)N(C)C)c1C(=O)O. The number of aromatic nitrogens is 2. The van der Waals surface area contributed by atoms with Crippen molar-refractivity contribution in [3.05, 3.63) is 11.3 Å². The smallest absolute Gasteiger partial charge is 0.341 e. The van der Waals surface area contributed by atoms with E-state index >= 15 is 0 Å². The summed E-state index contributed by atoms with van der Waals surface area (Å²) in [4.78, 5) is 13.3. The van der Waals surface area contributed by atoms with Gasteiger partial charge in [0, 0.05) is 19.1 Å². The zero-order valence-electron chi connectivity index (χ0n) is 11.9. The van der Waals surface area contributed by atoms with Gasteiger partial charge in [-0.2, -0.15) is 5.10 Å². The molecule has 0 atom stereocenters. The van der Waals surface area contributed by atoms with Crippen LogP contribution in [0.25, 0.3) is 0 Å². The normalized spacial score (nSPS) is 11.9. The molecular weight excluding hydrogens is 232 g/mol. The number of carboxylic acids is 1. The number of nitrogens with one attached hydrogen (secondary N) is 1. The number of hydrogen-bond donors (Lipinski definition) is 2. The lowest BCUT2D eigenvalue weighted by molar-refractivity contribution is 0.0697. The van der Waals surface area contributed by atoms with Gasteiger partial charge < -0.3 is 15.3 Å². The van der Waals surface area contributed by atoms with E-state index in [9.17, 15) is 9.90 Å². The van der Waals surface area contributed by atoms with E-state index in [1.54, 1.807) is 18.7 Å². The maximum atomic E-state index is 11.2. The third kappa shape index (κ3) is 2.81. The second-order valence-corrected chi connectivity index (χ2v) is 5.30. The molecule has 0 amide bonds. The molecule has 0 saturated carbocycles. The number of aryl methyl sites for hydroxylation is 2. The second kappa shape index (κ2) is 4.97. The average Bonchev–Trinajstić information content (AvgIpc) is 2.50. The van der Waals surface area contributed by atoms with E-state index in [4.69, 9.17) is 0 Å². The van der Waals surface area contributed by atoms with Crippen LogP contribution in [-0.4, -0.2) is 51.9 Å². The fraction of sp³-hybridized carbons (Fsp3) is 0.667. The third-order valence-electron chi connectivity index (χ3n) is 3.34. The molecule has 2 N–H and O–H groups in total. The zero-order valence-corrected chi connectivity index (χ0v) is 11.9. The number of carbonyl (C=O) groups is 1. The first kappa shape index (κ1) is 14.5. The van der Waals surface area contributed by atoms with Crippen molar-refractivity contribution in [3.8, 4) is 0 Å². The molecule has 6 heteroatoms. The van der Waals surface area contributed by atoms with Crippen molar-refractivity contribution < 1.29 is 9.90 Å². The van der Waals surface area contributed by atoms with Crippen LogP contribution in [0, 0.1) is 6.92 Å². The predicted molar refractivity (Wildman–Crippen MR) is 71.2 cm³/mol. The van der Waals surface area contributed by atoms with E-state index in [1.807, 2.05) is 14.1 Å². The van der Waals surface area contributed by atoms with Gasteiger partial charge in [0.2, 0.25) is 0 Å². The van der Waals surface area contributed by atoms with E-state index < -0.39 is 5.97 Å². The molecule has 1 heterocycles. The van der Waals surface area contributed by atoms with Crippen molar-refractivity contribution in [2.45, 2.75) is 26.3 Å². The number of hydrogen-bond acceptors (Lipinski definition) is 4. The summed E-state index contributed by atoms with van der Waals surface area (Å²) < 4.78 is 1.57. The van der Waals surface area contributed by atoms with Crippen LogP contribution in [0.4, 0.5) is 5.82 Å². The van der Waals surface area contributed by atoms with Gasteiger partial charge in [-0.25, -0.2) is 4.79 Å². The van der Waals surface area contributed by atoms with Crippen molar-refractivity contribution in [1.29, 1.82) is 0 Å². The minimum atomic E-state index is -0.953.